The number of sulfone groups is 1. The summed E-state index contributed by atoms with van der Waals surface area (Å²) in [5.74, 6) is 0.570. The normalized spacial score (nSPS) is 27.1. The van der Waals surface area contributed by atoms with E-state index in [1.54, 1.807) is 0 Å². The first kappa shape index (κ1) is 12.9. The molecule has 1 saturated heterocycles. The molecule has 0 bridgehead atoms. The third kappa shape index (κ3) is 4.49. The van der Waals surface area contributed by atoms with Crippen LogP contribution >= 0.6 is 0 Å². The Labute approximate surface area is 92.7 Å². The van der Waals surface area contributed by atoms with E-state index in [1.165, 1.54) is 0 Å². The van der Waals surface area contributed by atoms with E-state index in [-0.39, 0.29) is 11.3 Å². The molecule has 1 atom stereocenters. The van der Waals surface area contributed by atoms with E-state index in [1.807, 2.05) is 6.92 Å². The van der Waals surface area contributed by atoms with Crippen molar-refractivity contribution in [1.29, 1.82) is 0 Å². The Hall–Kier alpha value is -0.130. The molecule has 0 aliphatic carbocycles. The van der Waals surface area contributed by atoms with Crippen LogP contribution in [0.2, 0.25) is 0 Å². The summed E-state index contributed by atoms with van der Waals surface area (Å²) >= 11 is 0. The maximum absolute atomic E-state index is 11.5. The second kappa shape index (κ2) is 5.27. The molecule has 4 nitrogen and oxygen atoms in total. The second-order valence-corrected chi connectivity index (χ2v) is 6.87. The highest BCUT2D eigenvalue weighted by Crippen LogP contribution is 2.12. The van der Waals surface area contributed by atoms with Crippen molar-refractivity contribution in [2.75, 3.05) is 31.1 Å². The lowest BCUT2D eigenvalue weighted by Gasteiger charge is -2.24. The summed E-state index contributed by atoms with van der Waals surface area (Å²) in [4.78, 5) is 0. The fourth-order valence-electron chi connectivity index (χ4n) is 1.89. The molecule has 1 fully saturated rings. The Morgan fingerprint density at radius 2 is 2.13 bits per heavy atom. The van der Waals surface area contributed by atoms with E-state index in [9.17, 15) is 8.42 Å². The smallest absolute Gasteiger partial charge is 0.151 e. The molecule has 15 heavy (non-hydrogen) atoms. The molecule has 0 aromatic rings. The predicted octanol–water partition coefficient (Wildman–Crippen LogP) is 0.153. The van der Waals surface area contributed by atoms with E-state index in [0.29, 0.717) is 18.7 Å². The average Bonchev–Trinajstić information content (AvgIpc) is 2.51. The molecular weight excluding hydrogens is 212 g/mol. The van der Waals surface area contributed by atoms with Crippen LogP contribution in [0.3, 0.4) is 0 Å². The van der Waals surface area contributed by atoms with Gasteiger partial charge in [0.25, 0.3) is 0 Å². The van der Waals surface area contributed by atoms with Gasteiger partial charge in [0.15, 0.2) is 9.84 Å². The van der Waals surface area contributed by atoms with Crippen LogP contribution in [-0.2, 0) is 9.84 Å². The highest BCUT2D eigenvalue weighted by atomic mass is 32.2. The molecule has 1 aliphatic heterocycles. The van der Waals surface area contributed by atoms with E-state index in [2.05, 4.69) is 17.6 Å². The Kier molecular flexibility index (Phi) is 4.55. The fourth-order valence-corrected chi connectivity index (χ4v) is 3.13. The van der Waals surface area contributed by atoms with Crippen molar-refractivity contribution < 1.29 is 8.42 Å². The van der Waals surface area contributed by atoms with Crippen LogP contribution in [0.5, 0.6) is 0 Å². The zero-order valence-electron chi connectivity index (χ0n) is 9.67. The van der Waals surface area contributed by atoms with Crippen molar-refractivity contribution in [2.24, 2.45) is 0 Å². The van der Waals surface area contributed by atoms with E-state index in [4.69, 9.17) is 0 Å². The largest absolute Gasteiger partial charge is 0.315 e. The molecule has 5 heteroatoms. The summed E-state index contributed by atoms with van der Waals surface area (Å²) in [7, 11) is -2.83. The Balaban J connectivity index is 2.26. The van der Waals surface area contributed by atoms with Crippen LogP contribution in [0, 0.1) is 0 Å². The van der Waals surface area contributed by atoms with Gasteiger partial charge in [0, 0.05) is 24.4 Å². The Bertz CT molecular complexity index is 282. The topological polar surface area (TPSA) is 58.2 Å². The lowest BCUT2D eigenvalue weighted by Crippen LogP contribution is -2.46. The summed E-state index contributed by atoms with van der Waals surface area (Å²) in [5.41, 5.74) is 0.0851. The van der Waals surface area contributed by atoms with Gasteiger partial charge in [-0.3, -0.25) is 0 Å². The van der Waals surface area contributed by atoms with E-state index >= 15 is 0 Å². The number of hydrogen-bond acceptors (Lipinski definition) is 4. The highest BCUT2D eigenvalue weighted by Gasteiger charge is 2.27. The number of hydrogen-bond donors (Lipinski definition) is 2. The first-order valence-electron chi connectivity index (χ1n) is 5.64. The average molecular weight is 234 g/mol. The summed E-state index contributed by atoms with van der Waals surface area (Å²) in [5, 5.41) is 6.60. The lowest BCUT2D eigenvalue weighted by molar-refractivity contribution is 0.398. The Morgan fingerprint density at radius 1 is 1.40 bits per heavy atom. The van der Waals surface area contributed by atoms with Crippen LogP contribution in [0.1, 0.15) is 26.7 Å². The van der Waals surface area contributed by atoms with Crippen LogP contribution in [0.25, 0.3) is 0 Å². The van der Waals surface area contributed by atoms with E-state index < -0.39 is 9.84 Å². The van der Waals surface area contributed by atoms with Gasteiger partial charge in [-0.25, -0.2) is 8.42 Å². The zero-order valence-corrected chi connectivity index (χ0v) is 10.5. The van der Waals surface area contributed by atoms with Gasteiger partial charge in [-0.1, -0.05) is 6.92 Å². The molecule has 2 N–H and O–H groups in total. The second-order valence-electron chi connectivity index (χ2n) is 4.57. The maximum atomic E-state index is 11.5. The lowest BCUT2D eigenvalue weighted by atomic mass is 10.0. The molecule has 0 aromatic heterocycles. The molecule has 0 saturated carbocycles. The molecule has 1 rings (SSSR count). The van der Waals surface area contributed by atoms with Gasteiger partial charge in [-0.2, -0.15) is 0 Å². The van der Waals surface area contributed by atoms with Crippen molar-refractivity contribution >= 4 is 9.84 Å². The fraction of sp³-hybridized carbons (Fsp3) is 1.00. The molecular formula is C10H22N2O2S. The zero-order chi connectivity index (χ0) is 11.4. The third-order valence-corrected chi connectivity index (χ3v) is 4.71. The molecule has 1 unspecified atom stereocenters. The van der Waals surface area contributed by atoms with Crippen LogP contribution in [0.15, 0.2) is 0 Å². The van der Waals surface area contributed by atoms with Crippen LogP contribution in [0.4, 0.5) is 0 Å². The first-order valence-corrected chi connectivity index (χ1v) is 7.46. The van der Waals surface area contributed by atoms with Crippen molar-refractivity contribution in [3.8, 4) is 0 Å². The minimum Gasteiger partial charge on any atom is -0.315 e. The minimum atomic E-state index is -2.83. The number of rotatable bonds is 6. The van der Waals surface area contributed by atoms with Gasteiger partial charge >= 0.3 is 0 Å². The summed E-state index contributed by atoms with van der Waals surface area (Å²) < 4.78 is 22.9. The predicted molar refractivity (Wildman–Crippen MR) is 62.8 cm³/mol. The SMILES string of the molecule is CCCS(=O)(=O)CCNC1(C)CCNC1. The molecule has 90 valence electrons. The first-order chi connectivity index (χ1) is 6.97. The Morgan fingerprint density at radius 3 is 2.67 bits per heavy atom. The minimum absolute atomic E-state index is 0.0851. The highest BCUT2D eigenvalue weighted by molar-refractivity contribution is 7.91. The molecule has 1 heterocycles. The van der Waals surface area contributed by atoms with Gasteiger partial charge in [-0.05, 0) is 26.3 Å². The molecule has 0 amide bonds. The molecule has 0 aromatic carbocycles. The summed E-state index contributed by atoms with van der Waals surface area (Å²) in [6, 6.07) is 0. The summed E-state index contributed by atoms with van der Waals surface area (Å²) in [6.07, 6.45) is 1.78. The van der Waals surface area contributed by atoms with Crippen LogP contribution in [-0.4, -0.2) is 45.1 Å². The van der Waals surface area contributed by atoms with E-state index in [0.717, 1.165) is 19.5 Å². The van der Waals surface area contributed by atoms with Gasteiger partial charge in [0.1, 0.15) is 0 Å². The van der Waals surface area contributed by atoms with Gasteiger partial charge in [-0.15, -0.1) is 0 Å². The molecule has 0 spiro atoms. The molecule has 0 radical (unpaired) electrons. The van der Waals surface area contributed by atoms with Gasteiger partial charge < -0.3 is 10.6 Å². The quantitative estimate of drug-likeness (QED) is 0.687. The van der Waals surface area contributed by atoms with Gasteiger partial charge in [0.2, 0.25) is 0 Å². The van der Waals surface area contributed by atoms with Crippen molar-refractivity contribution in [2.45, 2.75) is 32.2 Å². The van der Waals surface area contributed by atoms with Crippen molar-refractivity contribution in [3.63, 3.8) is 0 Å². The standard InChI is InChI=1S/C10H22N2O2S/c1-3-7-15(13,14)8-6-12-10(2)4-5-11-9-10/h11-12H,3-9H2,1-2H3. The molecule has 1 aliphatic rings. The van der Waals surface area contributed by atoms with Gasteiger partial charge in [0.05, 0.1) is 5.75 Å². The maximum Gasteiger partial charge on any atom is 0.151 e. The number of nitrogens with one attached hydrogen (secondary N) is 2. The van der Waals surface area contributed by atoms with Crippen LogP contribution < -0.4 is 10.6 Å². The van der Waals surface area contributed by atoms with Crippen molar-refractivity contribution in [1.82, 2.24) is 10.6 Å². The monoisotopic (exact) mass is 234 g/mol. The van der Waals surface area contributed by atoms with Crippen molar-refractivity contribution in [3.05, 3.63) is 0 Å². The summed E-state index contributed by atoms with van der Waals surface area (Å²) in [6.45, 7) is 6.55. The third-order valence-electron chi connectivity index (χ3n) is 2.85.